The van der Waals surface area contributed by atoms with Crippen LogP contribution in [0.4, 0.5) is 5.69 Å². The number of aliphatic carboxylic acids is 1. The van der Waals surface area contributed by atoms with E-state index in [1.807, 2.05) is 0 Å². The zero-order valence-electron chi connectivity index (χ0n) is 12.7. The smallest absolute Gasteiger partial charge is 0.305 e. The number of rotatable bonds is 7. The number of benzene rings is 1. The van der Waals surface area contributed by atoms with Crippen molar-refractivity contribution in [2.45, 2.75) is 19.9 Å². The van der Waals surface area contributed by atoms with Gasteiger partial charge in [0.1, 0.15) is 0 Å². The Balaban J connectivity index is 1.91. The Morgan fingerprint density at radius 1 is 1.29 bits per heavy atom. The second-order valence-electron chi connectivity index (χ2n) is 5.42. The van der Waals surface area contributed by atoms with Crippen molar-refractivity contribution >= 4 is 11.7 Å². The van der Waals surface area contributed by atoms with Crippen molar-refractivity contribution in [2.75, 3.05) is 44.2 Å². The van der Waals surface area contributed by atoms with Crippen LogP contribution in [-0.2, 0) is 11.3 Å². The van der Waals surface area contributed by atoms with Gasteiger partial charge in [-0.2, -0.15) is 0 Å². The lowest BCUT2D eigenvalue weighted by Gasteiger charge is -2.27. The van der Waals surface area contributed by atoms with Crippen LogP contribution in [0, 0.1) is 0 Å². The molecule has 0 amide bonds. The summed E-state index contributed by atoms with van der Waals surface area (Å²) in [4.78, 5) is 15.2. The first-order valence-electron chi connectivity index (χ1n) is 7.68. The first-order valence-corrected chi connectivity index (χ1v) is 7.68. The monoisotopic (exact) mass is 291 g/mol. The quantitative estimate of drug-likeness (QED) is 0.795. The Bertz CT molecular complexity index is 441. The van der Waals surface area contributed by atoms with Crippen molar-refractivity contribution in [1.82, 2.24) is 10.2 Å². The van der Waals surface area contributed by atoms with Crippen molar-refractivity contribution in [3.05, 3.63) is 29.8 Å². The molecule has 1 saturated heterocycles. The van der Waals surface area contributed by atoms with E-state index >= 15 is 0 Å². The molecule has 0 saturated carbocycles. The largest absolute Gasteiger partial charge is 0.481 e. The van der Waals surface area contributed by atoms with Gasteiger partial charge in [-0.05, 0) is 24.6 Å². The Kier molecular flexibility index (Phi) is 6.02. The zero-order valence-corrected chi connectivity index (χ0v) is 12.7. The summed E-state index contributed by atoms with van der Waals surface area (Å²) in [5, 5.41) is 12.2. The Morgan fingerprint density at radius 2 is 1.95 bits per heavy atom. The van der Waals surface area contributed by atoms with Crippen molar-refractivity contribution < 1.29 is 9.90 Å². The maximum atomic E-state index is 10.7. The highest BCUT2D eigenvalue weighted by atomic mass is 16.4. The average molecular weight is 291 g/mol. The van der Waals surface area contributed by atoms with E-state index in [-0.39, 0.29) is 6.42 Å². The van der Waals surface area contributed by atoms with Gasteiger partial charge in [-0.3, -0.25) is 9.69 Å². The molecule has 0 bridgehead atoms. The van der Waals surface area contributed by atoms with Gasteiger partial charge < -0.3 is 15.3 Å². The van der Waals surface area contributed by atoms with Crippen LogP contribution in [0.25, 0.3) is 0 Å². The zero-order chi connectivity index (χ0) is 15.1. The van der Waals surface area contributed by atoms with Crippen LogP contribution in [0.3, 0.4) is 0 Å². The van der Waals surface area contributed by atoms with E-state index in [0.29, 0.717) is 6.54 Å². The molecule has 0 unspecified atom stereocenters. The lowest BCUT2D eigenvalue weighted by molar-refractivity contribution is -0.136. The lowest BCUT2D eigenvalue weighted by atomic mass is 10.1. The number of nitrogens with one attached hydrogen (secondary N) is 1. The number of carboxylic acid groups (broad SMARTS) is 1. The molecule has 21 heavy (non-hydrogen) atoms. The van der Waals surface area contributed by atoms with Crippen molar-refractivity contribution in [3.8, 4) is 0 Å². The molecule has 0 aliphatic carbocycles. The molecule has 0 atom stereocenters. The summed E-state index contributed by atoms with van der Waals surface area (Å²) >= 11 is 0. The van der Waals surface area contributed by atoms with Crippen LogP contribution < -0.4 is 10.2 Å². The summed E-state index contributed by atoms with van der Waals surface area (Å²) < 4.78 is 0. The van der Waals surface area contributed by atoms with E-state index in [2.05, 4.69) is 46.3 Å². The predicted octanol–water partition coefficient (Wildman–Crippen LogP) is 1.39. The summed E-state index contributed by atoms with van der Waals surface area (Å²) in [5.74, 6) is -0.747. The minimum atomic E-state index is -0.747. The molecule has 1 aliphatic rings. The normalized spacial score (nSPS) is 15.9. The fourth-order valence-electron chi connectivity index (χ4n) is 2.64. The molecule has 0 aromatic heterocycles. The molecule has 2 rings (SSSR count). The number of nitrogens with zero attached hydrogens (tertiary/aromatic N) is 2. The van der Waals surface area contributed by atoms with Gasteiger partial charge in [0.25, 0.3) is 0 Å². The van der Waals surface area contributed by atoms with Gasteiger partial charge in [0.05, 0.1) is 6.42 Å². The molecular formula is C16H25N3O2. The minimum Gasteiger partial charge on any atom is -0.481 e. The van der Waals surface area contributed by atoms with Crippen molar-refractivity contribution in [1.29, 1.82) is 0 Å². The fraction of sp³-hybridized carbons (Fsp3) is 0.562. The molecule has 5 heteroatoms. The maximum Gasteiger partial charge on any atom is 0.305 e. The van der Waals surface area contributed by atoms with E-state index in [4.69, 9.17) is 5.11 Å². The van der Waals surface area contributed by atoms with Crippen LogP contribution in [0.15, 0.2) is 24.3 Å². The van der Waals surface area contributed by atoms with E-state index < -0.39 is 5.97 Å². The fourth-order valence-corrected chi connectivity index (χ4v) is 2.64. The molecule has 2 N–H and O–H groups in total. The van der Waals surface area contributed by atoms with Crippen LogP contribution in [0.5, 0.6) is 0 Å². The van der Waals surface area contributed by atoms with Gasteiger partial charge in [-0.15, -0.1) is 0 Å². The van der Waals surface area contributed by atoms with Gasteiger partial charge >= 0.3 is 5.97 Å². The van der Waals surface area contributed by atoms with E-state index in [9.17, 15) is 4.79 Å². The molecular weight excluding hydrogens is 266 g/mol. The van der Waals surface area contributed by atoms with E-state index in [1.165, 1.54) is 5.56 Å². The predicted molar refractivity (Wildman–Crippen MR) is 84.7 cm³/mol. The Hall–Kier alpha value is -1.59. The molecule has 1 fully saturated rings. The first-order chi connectivity index (χ1) is 10.2. The van der Waals surface area contributed by atoms with Gasteiger partial charge in [0.2, 0.25) is 0 Å². The summed E-state index contributed by atoms with van der Waals surface area (Å²) in [5.41, 5.74) is 2.41. The molecule has 116 valence electrons. The van der Waals surface area contributed by atoms with Gasteiger partial charge in [0.15, 0.2) is 0 Å². The maximum absolute atomic E-state index is 10.7. The standard InChI is InChI=1S/C16H25N3O2/c1-2-19(10-7-16(20)21)15-5-3-14(4-6-15)13-18-11-8-17-9-12-18/h3-6,17H,2,7-13H2,1H3,(H,20,21). The number of carboxylic acids is 1. The van der Waals surface area contributed by atoms with Crippen molar-refractivity contribution in [2.24, 2.45) is 0 Å². The Labute approximate surface area is 126 Å². The summed E-state index contributed by atoms with van der Waals surface area (Å²) in [6.07, 6.45) is 0.177. The van der Waals surface area contributed by atoms with Gasteiger partial charge in [-0.25, -0.2) is 0 Å². The third-order valence-electron chi connectivity index (χ3n) is 3.89. The number of anilines is 1. The van der Waals surface area contributed by atoms with Gasteiger partial charge in [-0.1, -0.05) is 12.1 Å². The number of piperazine rings is 1. The molecule has 1 aliphatic heterocycles. The molecule has 0 radical (unpaired) electrons. The Morgan fingerprint density at radius 3 is 2.52 bits per heavy atom. The second-order valence-corrected chi connectivity index (χ2v) is 5.42. The minimum absolute atomic E-state index is 0.177. The van der Waals surface area contributed by atoms with E-state index in [0.717, 1.165) is 45.0 Å². The first kappa shape index (κ1) is 15.8. The molecule has 5 nitrogen and oxygen atoms in total. The molecule has 0 spiro atoms. The summed E-state index contributed by atoms with van der Waals surface area (Å²) in [6, 6.07) is 8.51. The molecule has 1 aromatic carbocycles. The third-order valence-corrected chi connectivity index (χ3v) is 3.89. The summed E-state index contributed by atoms with van der Waals surface area (Å²) in [7, 11) is 0. The highest BCUT2D eigenvalue weighted by Gasteiger charge is 2.11. The molecule has 1 aromatic rings. The van der Waals surface area contributed by atoms with Crippen LogP contribution in [0.2, 0.25) is 0 Å². The van der Waals surface area contributed by atoms with Crippen molar-refractivity contribution in [3.63, 3.8) is 0 Å². The van der Waals surface area contributed by atoms with Gasteiger partial charge in [0, 0.05) is 51.5 Å². The average Bonchev–Trinajstić information content (AvgIpc) is 2.50. The lowest BCUT2D eigenvalue weighted by Crippen LogP contribution is -2.42. The molecule has 1 heterocycles. The SMILES string of the molecule is CCN(CCC(=O)O)c1ccc(CN2CCNCC2)cc1. The van der Waals surface area contributed by atoms with Crippen LogP contribution >= 0.6 is 0 Å². The van der Waals surface area contributed by atoms with E-state index in [1.54, 1.807) is 0 Å². The number of hydrogen-bond donors (Lipinski definition) is 2. The van der Waals surface area contributed by atoms with Crippen LogP contribution in [-0.4, -0.2) is 55.2 Å². The summed E-state index contributed by atoms with van der Waals surface area (Å²) in [6.45, 7) is 8.75. The second kappa shape index (κ2) is 8.00. The topological polar surface area (TPSA) is 55.8 Å². The highest BCUT2D eigenvalue weighted by Crippen LogP contribution is 2.16. The third kappa shape index (κ3) is 5.02. The number of carbonyl (C=O) groups is 1. The number of hydrogen-bond acceptors (Lipinski definition) is 4. The highest BCUT2D eigenvalue weighted by molar-refractivity contribution is 5.67. The van der Waals surface area contributed by atoms with Crippen LogP contribution in [0.1, 0.15) is 18.9 Å².